The number of hydrogen-bond donors (Lipinski definition) is 1. The van der Waals surface area contributed by atoms with E-state index < -0.39 is 11.2 Å². The monoisotopic (exact) mass is 225 g/mol. The van der Waals surface area contributed by atoms with Crippen molar-refractivity contribution in [3.63, 3.8) is 0 Å². The van der Waals surface area contributed by atoms with Gasteiger partial charge in [0.05, 0.1) is 0 Å². The molecule has 0 aliphatic rings. The van der Waals surface area contributed by atoms with Gasteiger partial charge in [0.25, 0.3) is 5.56 Å². The third-order valence-corrected chi connectivity index (χ3v) is 2.16. The minimum Gasteiger partial charge on any atom is -0.355 e. The molecule has 1 rings (SSSR count). The highest BCUT2D eigenvalue weighted by Crippen LogP contribution is 1.79. The van der Waals surface area contributed by atoms with Gasteiger partial charge in [0, 0.05) is 25.4 Å². The Balaban J connectivity index is 3.08. The second kappa shape index (κ2) is 5.29. The first-order valence-electron chi connectivity index (χ1n) is 5.17. The molecule has 0 bridgehead atoms. The summed E-state index contributed by atoms with van der Waals surface area (Å²) in [6, 6.07) is 1.28. The maximum absolute atomic E-state index is 11.7. The Morgan fingerprint density at radius 1 is 1.38 bits per heavy atom. The van der Waals surface area contributed by atoms with E-state index in [1.54, 1.807) is 13.8 Å². The van der Waals surface area contributed by atoms with Gasteiger partial charge in [0.1, 0.15) is 6.54 Å². The molecule has 1 aromatic heterocycles. The molecule has 16 heavy (non-hydrogen) atoms. The van der Waals surface area contributed by atoms with Crippen molar-refractivity contribution in [3.8, 4) is 0 Å². The summed E-state index contributed by atoms with van der Waals surface area (Å²) >= 11 is 0. The highest BCUT2D eigenvalue weighted by molar-refractivity contribution is 5.75. The van der Waals surface area contributed by atoms with Crippen LogP contribution in [0.1, 0.15) is 13.8 Å². The van der Waals surface area contributed by atoms with E-state index in [2.05, 4.69) is 5.32 Å². The van der Waals surface area contributed by atoms with Crippen LogP contribution in [0.2, 0.25) is 0 Å². The standard InChI is InChI=1S/C10H15N3O3/c1-3-11-8(14)7-13-9(15)5-6-12(4-2)10(13)16/h5-6H,3-4,7H2,1-2H3,(H,11,14). The Morgan fingerprint density at radius 3 is 2.62 bits per heavy atom. The molecule has 0 aliphatic carbocycles. The van der Waals surface area contributed by atoms with Crippen molar-refractivity contribution in [2.75, 3.05) is 6.54 Å². The van der Waals surface area contributed by atoms with Crippen LogP contribution in [0.25, 0.3) is 0 Å². The van der Waals surface area contributed by atoms with E-state index in [-0.39, 0.29) is 12.5 Å². The van der Waals surface area contributed by atoms with E-state index >= 15 is 0 Å². The number of rotatable bonds is 4. The number of likely N-dealkylation sites (N-methyl/N-ethyl adjacent to an activating group) is 1. The molecule has 1 aromatic rings. The van der Waals surface area contributed by atoms with Crippen LogP contribution in [0, 0.1) is 0 Å². The number of carbonyl (C=O) groups is 1. The maximum atomic E-state index is 11.7. The second-order valence-electron chi connectivity index (χ2n) is 3.26. The smallest absolute Gasteiger partial charge is 0.331 e. The summed E-state index contributed by atoms with van der Waals surface area (Å²) < 4.78 is 2.30. The van der Waals surface area contributed by atoms with E-state index in [0.29, 0.717) is 13.1 Å². The number of aryl methyl sites for hydroxylation is 1. The van der Waals surface area contributed by atoms with Gasteiger partial charge in [-0.15, -0.1) is 0 Å². The van der Waals surface area contributed by atoms with E-state index in [1.807, 2.05) is 0 Å². The average molecular weight is 225 g/mol. The topological polar surface area (TPSA) is 73.1 Å². The van der Waals surface area contributed by atoms with E-state index in [9.17, 15) is 14.4 Å². The summed E-state index contributed by atoms with van der Waals surface area (Å²) in [5.74, 6) is -0.337. The summed E-state index contributed by atoms with van der Waals surface area (Å²) in [6.45, 7) is 4.28. The van der Waals surface area contributed by atoms with Crippen LogP contribution in [-0.4, -0.2) is 21.6 Å². The summed E-state index contributed by atoms with van der Waals surface area (Å²) in [5, 5.41) is 2.54. The molecule has 1 heterocycles. The molecular formula is C10H15N3O3. The van der Waals surface area contributed by atoms with Crippen molar-refractivity contribution < 1.29 is 4.79 Å². The average Bonchev–Trinajstić information content (AvgIpc) is 2.25. The molecule has 0 aromatic carbocycles. The Hall–Kier alpha value is -1.85. The zero-order chi connectivity index (χ0) is 12.1. The van der Waals surface area contributed by atoms with Gasteiger partial charge in [-0.2, -0.15) is 0 Å². The number of nitrogens with one attached hydrogen (secondary N) is 1. The van der Waals surface area contributed by atoms with Gasteiger partial charge in [-0.3, -0.25) is 14.2 Å². The molecule has 0 aliphatic heterocycles. The van der Waals surface area contributed by atoms with Crippen LogP contribution in [0.3, 0.4) is 0 Å². The normalized spacial score (nSPS) is 10.1. The van der Waals surface area contributed by atoms with Crippen LogP contribution < -0.4 is 16.6 Å². The minimum atomic E-state index is -0.457. The number of amides is 1. The van der Waals surface area contributed by atoms with Crippen LogP contribution in [0.5, 0.6) is 0 Å². The minimum absolute atomic E-state index is 0.230. The molecule has 1 amide bonds. The Bertz CT molecular complexity index is 487. The molecule has 0 radical (unpaired) electrons. The third kappa shape index (κ3) is 2.59. The molecule has 1 N–H and O–H groups in total. The van der Waals surface area contributed by atoms with E-state index in [1.165, 1.54) is 16.8 Å². The fourth-order valence-corrected chi connectivity index (χ4v) is 1.34. The summed E-state index contributed by atoms with van der Waals surface area (Å²) in [6.07, 6.45) is 1.43. The first-order chi connectivity index (χ1) is 7.60. The molecule has 0 saturated carbocycles. The highest BCUT2D eigenvalue weighted by atomic mass is 16.2. The maximum Gasteiger partial charge on any atom is 0.331 e. The van der Waals surface area contributed by atoms with Gasteiger partial charge in [-0.25, -0.2) is 4.79 Å². The quantitative estimate of drug-likeness (QED) is 0.726. The molecule has 0 saturated heterocycles. The van der Waals surface area contributed by atoms with Crippen molar-refractivity contribution >= 4 is 5.91 Å². The Labute approximate surface area is 92.5 Å². The fraction of sp³-hybridized carbons (Fsp3) is 0.500. The molecule has 0 atom stereocenters. The van der Waals surface area contributed by atoms with Gasteiger partial charge >= 0.3 is 5.69 Å². The van der Waals surface area contributed by atoms with Crippen molar-refractivity contribution in [1.82, 2.24) is 14.5 Å². The molecular weight excluding hydrogens is 210 g/mol. The lowest BCUT2D eigenvalue weighted by molar-refractivity contribution is -0.121. The number of hydrogen-bond acceptors (Lipinski definition) is 3. The van der Waals surface area contributed by atoms with Gasteiger partial charge in [0.15, 0.2) is 0 Å². The second-order valence-corrected chi connectivity index (χ2v) is 3.26. The largest absolute Gasteiger partial charge is 0.355 e. The van der Waals surface area contributed by atoms with Crippen LogP contribution in [-0.2, 0) is 17.9 Å². The molecule has 88 valence electrons. The van der Waals surface area contributed by atoms with Gasteiger partial charge in [0.2, 0.25) is 5.91 Å². The highest BCUT2D eigenvalue weighted by Gasteiger charge is 2.08. The molecule has 6 nitrogen and oxygen atoms in total. The summed E-state index contributed by atoms with van der Waals surface area (Å²) in [4.78, 5) is 34.4. The first-order valence-corrected chi connectivity index (χ1v) is 5.17. The lowest BCUT2D eigenvalue weighted by Gasteiger charge is -2.07. The Morgan fingerprint density at radius 2 is 2.06 bits per heavy atom. The lowest BCUT2D eigenvalue weighted by Crippen LogP contribution is -2.42. The number of nitrogens with zero attached hydrogens (tertiary/aromatic N) is 2. The van der Waals surface area contributed by atoms with Crippen LogP contribution in [0.15, 0.2) is 21.9 Å². The molecule has 0 unspecified atom stereocenters. The van der Waals surface area contributed by atoms with Crippen molar-refractivity contribution in [3.05, 3.63) is 33.1 Å². The summed E-state index contributed by atoms with van der Waals surface area (Å²) in [5.41, 5.74) is -0.915. The first kappa shape index (κ1) is 12.2. The van der Waals surface area contributed by atoms with Crippen molar-refractivity contribution in [1.29, 1.82) is 0 Å². The molecule has 0 fully saturated rings. The zero-order valence-electron chi connectivity index (χ0n) is 9.40. The van der Waals surface area contributed by atoms with E-state index in [0.717, 1.165) is 4.57 Å². The number of aromatic nitrogens is 2. The van der Waals surface area contributed by atoms with Gasteiger partial charge in [-0.1, -0.05) is 0 Å². The fourth-order valence-electron chi connectivity index (χ4n) is 1.34. The Kier molecular flexibility index (Phi) is 4.04. The van der Waals surface area contributed by atoms with Crippen molar-refractivity contribution in [2.45, 2.75) is 26.9 Å². The summed E-state index contributed by atoms with van der Waals surface area (Å²) in [7, 11) is 0. The lowest BCUT2D eigenvalue weighted by atomic mass is 10.5. The zero-order valence-corrected chi connectivity index (χ0v) is 9.40. The van der Waals surface area contributed by atoms with Gasteiger partial charge in [-0.05, 0) is 13.8 Å². The van der Waals surface area contributed by atoms with E-state index in [4.69, 9.17) is 0 Å². The van der Waals surface area contributed by atoms with Crippen LogP contribution >= 0.6 is 0 Å². The van der Waals surface area contributed by atoms with Gasteiger partial charge < -0.3 is 9.88 Å². The SMILES string of the molecule is CCNC(=O)Cn1c(=O)ccn(CC)c1=O. The predicted octanol–water partition coefficient (Wildman–Crippen LogP) is -0.834. The predicted molar refractivity (Wildman–Crippen MR) is 59.3 cm³/mol. The molecule has 6 heteroatoms. The third-order valence-electron chi connectivity index (χ3n) is 2.16. The number of carbonyl (C=O) groups excluding carboxylic acids is 1. The van der Waals surface area contributed by atoms with Crippen molar-refractivity contribution in [2.24, 2.45) is 0 Å². The molecule has 0 spiro atoms. The van der Waals surface area contributed by atoms with Crippen LogP contribution in [0.4, 0.5) is 0 Å².